The Kier molecular flexibility index (Phi) is 10.1. The van der Waals surface area contributed by atoms with Gasteiger partial charge in [0.1, 0.15) is 6.10 Å². The lowest BCUT2D eigenvalue weighted by molar-refractivity contribution is 0.100. The lowest BCUT2D eigenvalue weighted by Crippen LogP contribution is -2.41. The molecule has 0 spiro atoms. The van der Waals surface area contributed by atoms with Crippen molar-refractivity contribution < 1.29 is 14.3 Å². The van der Waals surface area contributed by atoms with E-state index < -0.39 is 5.91 Å². The summed E-state index contributed by atoms with van der Waals surface area (Å²) in [5.41, 5.74) is 6.75. The summed E-state index contributed by atoms with van der Waals surface area (Å²) in [6, 6.07) is 14.7. The number of carbonyl (C=O) groups excluding carboxylic acids is 1. The minimum Gasteiger partial charge on any atom is -0.493 e. The van der Waals surface area contributed by atoms with Crippen molar-refractivity contribution in [1.82, 2.24) is 10.6 Å². The summed E-state index contributed by atoms with van der Waals surface area (Å²) in [7, 11) is 3.32. The zero-order valence-electron chi connectivity index (χ0n) is 16.3. The van der Waals surface area contributed by atoms with E-state index in [1.807, 2.05) is 43.3 Å². The molecule has 0 bridgehead atoms. The minimum atomic E-state index is -0.434. The number of nitrogens with zero attached hydrogens (tertiary/aromatic N) is 1. The van der Waals surface area contributed by atoms with Gasteiger partial charge in [-0.05, 0) is 36.8 Å². The number of guanidine groups is 1. The zero-order chi connectivity index (χ0) is 19.6. The summed E-state index contributed by atoms with van der Waals surface area (Å²) in [6.45, 7) is 3.11. The highest BCUT2D eigenvalue weighted by molar-refractivity contribution is 14.0. The Bertz CT molecular complexity index is 781. The van der Waals surface area contributed by atoms with Gasteiger partial charge in [0.2, 0.25) is 5.91 Å². The van der Waals surface area contributed by atoms with Gasteiger partial charge in [-0.3, -0.25) is 9.79 Å². The lowest BCUT2D eigenvalue weighted by atomic mass is 10.1. The van der Waals surface area contributed by atoms with Crippen LogP contribution < -0.4 is 25.8 Å². The smallest absolute Gasteiger partial charge is 0.248 e. The SMILES string of the molecule is CN=C(NCc1ccc(C(N)=O)cc1)NCC(C)Oc1ccccc1OC.I. The second kappa shape index (κ2) is 12.1. The number of primary amides is 1. The number of halogens is 1. The predicted octanol–water partition coefficient (Wildman–Crippen LogP) is 2.54. The zero-order valence-corrected chi connectivity index (χ0v) is 18.6. The van der Waals surface area contributed by atoms with E-state index in [1.165, 1.54) is 0 Å². The normalized spacial score (nSPS) is 11.8. The first-order valence-corrected chi connectivity index (χ1v) is 8.66. The van der Waals surface area contributed by atoms with Gasteiger partial charge in [0.15, 0.2) is 17.5 Å². The summed E-state index contributed by atoms with van der Waals surface area (Å²) in [6.07, 6.45) is -0.0882. The maximum Gasteiger partial charge on any atom is 0.248 e. The van der Waals surface area contributed by atoms with Crippen LogP contribution in [0, 0.1) is 0 Å². The maximum atomic E-state index is 11.1. The van der Waals surface area contributed by atoms with E-state index in [0.717, 1.165) is 5.56 Å². The molecular weight excluding hydrogens is 471 g/mol. The van der Waals surface area contributed by atoms with Gasteiger partial charge in [-0.1, -0.05) is 24.3 Å². The fourth-order valence-electron chi connectivity index (χ4n) is 2.41. The summed E-state index contributed by atoms with van der Waals surface area (Å²) >= 11 is 0. The quantitative estimate of drug-likeness (QED) is 0.295. The van der Waals surface area contributed by atoms with E-state index >= 15 is 0 Å². The van der Waals surface area contributed by atoms with Gasteiger partial charge >= 0.3 is 0 Å². The molecule has 2 aromatic carbocycles. The molecule has 0 saturated carbocycles. The average molecular weight is 498 g/mol. The predicted molar refractivity (Wildman–Crippen MR) is 122 cm³/mol. The van der Waals surface area contributed by atoms with Crippen LogP contribution in [0.25, 0.3) is 0 Å². The first kappa shape index (κ1) is 23.5. The molecule has 7 nitrogen and oxygen atoms in total. The number of carbonyl (C=O) groups is 1. The molecule has 2 aromatic rings. The Labute approximate surface area is 182 Å². The fourth-order valence-corrected chi connectivity index (χ4v) is 2.41. The number of aliphatic imine (C=N–C) groups is 1. The molecular formula is C20H27IN4O3. The highest BCUT2D eigenvalue weighted by Crippen LogP contribution is 2.26. The number of ether oxygens (including phenoxy) is 2. The highest BCUT2D eigenvalue weighted by atomic mass is 127. The standard InChI is InChI=1S/C20H26N4O3.HI/c1-14(27-18-7-5-4-6-17(18)26-3)12-23-20(22-2)24-13-15-8-10-16(11-9-15)19(21)25;/h4-11,14H,12-13H2,1-3H3,(H2,21,25)(H2,22,23,24);1H. The van der Waals surface area contributed by atoms with E-state index in [-0.39, 0.29) is 30.1 Å². The van der Waals surface area contributed by atoms with Gasteiger partial charge in [0, 0.05) is 19.2 Å². The van der Waals surface area contributed by atoms with Gasteiger partial charge < -0.3 is 25.8 Å². The van der Waals surface area contributed by atoms with Crippen LogP contribution in [0.2, 0.25) is 0 Å². The Morgan fingerprint density at radius 1 is 1.11 bits per heavy atom. The summed E-state index contributed by atoms with van der Waals surface area (Å²) < 4.78 is 11.2. The molecule has 152 valence electrons. The van der Waals surface area contributed by atoms with Gasteiger partial charge in [-0.15, -0.1) is 24.0 Å². The van der Waals surface area contributed by atoms with E-state index in [2.05, 4.69) is 15.6 Å². The summed E-state index contributed by atoms with van der Waals surface area (Å²) in [5.74, 6) is 1.62. The van der Waals surface area contributed by atoms with Crippen molar-refractivity contribution in [2.75, 3.05) is 20.7 Å². The molecule has 4 N–H and O–H groups in total. The average Bonchev–Trinajstić information content (AvgIpc) is 2.68. The molecule has 28 heavy (non-hydrogen) atoms. The molecule has 0 aliphatic carbocycles. The van der Waals surface area contributed by atoms with E-state index in [4.69, 9.17) is 15.2 Å². The first-order valence-electron chi connectivity index (χ1n) is 8.66. The molecule has 1 atom stereocenters. The highest BCUT2D eigenvalue weighted by Gasteiger charge is 2.09. The van der Waals surface area contributed by atoms with Crippen LogP contribution in [0.3, 0.4) is 0 Å². The van der Waals surface area contributed by atoms with Crippen LogP contribution in [0.4, 0.5) is 0 Å². The number of rotatable bonds is 8. The number of hydrogen-bond donors (Lipinski definition) is 3. The van der Waals surface area contributed by atoms with Crippen LogP contribution in [0.1, 0.15) is 22.8 Å². The van der Waals surface area contributed by atoms with Gasteiger partial charge in [-0.2, -0.15) is 0 Å². The van der Waals surface area contributed by atoms with Crippen molar-refractivity contribution in [3.05, 3.63) is 59.7 Å². The second-order valence-corrected chi connectivity index (χ2v) is 5.95. The van der Waals surface area contributed by atoms with Crippen molar-refractivity contribution in [3.63, 3.8) is 0 Å². The molecule has 0 fully saturated rings. The third-order valence-electron chi connectivity index (χ3n) is 3.88. The molecule has 0 radical (unpaired) electrons. The molecule has 0 heterocycles. The second-order valence-electron chi connectivity index (χ2n) is 5.95. The Morgan fingerprint density at radius 3 is 2.32 bits per heavy atom. The van der Waals surface area contributed by atoms with Crippen LogP contribution in [0.5, 0.6) is 11.5 Å². The van der Waals surface area contributed by atoms with Crippen molar-refractivity contribution in [1.29, 1.82) is 0 Å². The first-order chi connectivity index (χ1) is 13.0. The Balaban J connectivity index is 0.00000392. The lowest BCUT2D eigenvalue weighted by Gasteiger charge is -2.19. The van der Waals surface area contributed by atoms with Crippen molar-refractivity contribution in [2.24, 2.45) is 10.7 Å². The number of para-hydroxylation sites is 2. The van der Waals surface area contributed by atoms with E-state index in [9.17, 15) is 4.79 Å². The number of nitrogens with one attached hydrogen (secondary N) is 2. The summed E-state index contributed by atoms with van der Waals surface area (Å²) in [5, 5.41) is 6.44. The van der Waals surface area contributed by atoms with Crippen molar-refractivity contribution in [3.8, 4) is 11.5 Å². The monoisotopic (exact) mass is 498 g/mol. The molecule has 0 saturated heterocycles. The Morgan fingerprint density at radius 2 is 1.75 bits per heavy atom. The molecule has 0 aliphatic heterocycles. The Hall–Kier alpha value is -2.49. The molecule has 0 aromatic heterocycles. The number of nitrogens with two attached hydrogens (primary N) is 1. The molecule has 2 rings (SSSR count). The number of hydrogen-bond acceptors (Lipinski definition) is 4. The van der Waals surface area contributed by atoms with Crippen LogP contribution in [-0.2, 0) is 6.54 Å². The molecule has 0 aliphatic rings. The van der Waals surface area contributed by atoms with Crippen LogP contribution in [-0.4, -0.2) is 38.7 Å². The summed E-state index contributed by atoms with van der Waals surface area (Å²) in [4.78, 5) is 15.3. The number of amides is 1. The van der Waals surface area contributed by atoms with Gasteiger partial charge in [0.05, 0.1) is 13.7 Å². The van der Waals surface area contributed by atoms with Gasteiger partial charge in [-0.25, -0.2) is 0 Å². The maximum absolute atomic E-state index is 11.1. The largest absolute Gasteiger partial charge is 0.493 e. The van der Waals surface area contributed by atoms with Crippen LogP contribution in [0.15, 0.2) is 53.5 Å². The fraction of sp³-hybridized carbons (Fsp3) is 0.300. The third-order valence-corrected chi connectivity index (χ3v) is 3.88. The number of benzene rings is 2. The molecule has 8 heteroatoms. The van der Waals surface area contributed by atoms with Crippen LogP contribution >= 0.6 is 24.0 Å². The van der Waals surface area contributed by atoms with E-state index in [0.29, 0.717) is 36.1 Å². The van der Waals surface area contributed by atoms with Crippen molar-refractivity contribution in [2.45, 2.75) is 19.6 Å². The molecule has 1 amide bonds. The molecule has 1 unspecified atom stereocenters. The topological polar surface area (TPSA) is 98.0 Å². The van der Waals surface area contributed by atoms with Crippen molar-refractivity contribution >= 4 is 35.8 Å². The van der Waals surface area contributed by atoms with E-state index in [1.54, 1.807) is 26.3 Å². The third kappa shape index (κ3) is 7.26. The number of methoxy groups -OCH3 is 1. The van der Waals surface area contributed by atoms with Gasteiger partial charge in [0.25, 0.3) is 0 Å². The minimum absolute atomic E-state index is 0.